The van der Waals surface area contributed by atoms with E-state index >= 15 is 0 Å². The molecule has 0 aliphatic carbocycles. The van der Waals surface area contributed by atoms with E-state index in [2.05, 4.69) is 5.32 Å². The molecule has 0 fully saturated rings. The smallest absolute Gasteiger partial charge is 0.306 e. The van der Waals surface area contributed by atoms with E-state index in [-0.39, 0.29) is 12.2 Å². The maximum absolute atomic E-state index is 12.7. The van der Waals surface area contributed by atoms with Crippen LogP contribution in [-0.4, -0.2) is 30.2 Å². The number of carboxylic acid groups (broad SMARTS) is 1. The van der Waals surface area contributed by atoms with Crippen LogP contribution in [0.3, 0.4) is 0 Å². The van der Waals surface area contributed by atoms with Crippen molar-refractivity contribution >= 4 is 11.9 Å². The predicted octanol–water partition coefficient (Wildman–Crippen LogP) is 2.84. The molecule has 0 aliphatic heterocycles. The van der Waals surface area contributed by atoms with E-state index in [9.17, 15) is 14.7 Å². The highest BCUT2D eigenvalue weighted by Crippen LogP contribution is 2.28. The molecular formula is C21H22N2O5. The monoisotopic (exact) mass is 382 g/mol. The fraction of sp³-hybridized carbons (Fsp3) is 0.286. The highest BCUT2D eigenvalue weighted by atomic mass is 16.5. The Balaban J connectivity index is 2.24. The largest absolute Gasteiger partial charge is 0.497 e. The number of nitrogens with zero attached hydrogens (tertiary/aromatic N) is 1. The summed E-state index contributed by atoms with van der Waals surface area (Å²) in [5, 5.41) is 21.3. The molecule has 0 heterocycles. The second kappa shape index (κ2) is 8.91. The SMILES string of the molecule is COc1cccc(C(C)(CC(=O)O)NC(=O)C(C)Oc2ccccc2C#N)c1. The molecule has 1 amide bonds. The minimum Gasteiger partial charge on any atom is -0.497 e. The number of rotatable bonds is 8. The summed E-state index contributed by atoms with van der Waals surface area (Å²) in [7, 11) is 1.51. The van der Waals surface area contributed by atoms with Crippen LogP contribution in [0.25, 0.3) is 0 Å². The van der Waals surface area contributed by atoms with Crippen molar-refractivity contribution in [1.82, 2.24) is 5.32 Å². The zero-order valence-electron chi connectivity index (χ0n) is 15.9. The van der Waals surface area contributed by atoms with Gasteiger partial charge in [-0.2, -0.15) is 5.26 Å². The molecular weight excluding hydrogens is 360 g/mol. The maximum atomic E-state index is 12.7. The molecule has 2 aromatic rings. The van der Waals surface area contributed by atoms with Crippen LogP contribution < -0.4 is 14.8 Å². The number of ether oxygens (including phenoxy) is 2. The van der Waals surface area contributed by atoms with Gasteiger partial charge in [0.1, 0.15) is 17.6 Å². The highest BCUT2D eigenvalue weighted by Gasteiger charge is 2.33. The summed E-state index contributed by atoms with van der Waals surface area (Å²) in [6.07, 6.45) is -1.26. The van der Waals surface area contributed by atoms with Crippen molar-refractivity contribution < 1.29 is 24.2 Å². The van der Waals surface area contributed by atoms with Gasteiger partial charge in [-0.05, 0) is 43.7 Å². The molecule has 28 heavy (non-hydrogen) atoms. The molecule has 0 aromatic heterocycles. The molecule has 2 N–H and O–H groups in total. The molecule has 2 atom stereocenters. The minimum absolute atomic E-state index is 0.286. The predicted molar refractivity (Wildman–Crippen MR) is 102 cm³/mol. The Morgan fingerprint density at radius 2 is 1.96 bits per heavy atom. The highest BCUT2D eigenvalue weighted by molar-refractivity contribution is 5.82. The van der Waals surface area contributed by atoms with E-state index in [1.165, 1.54) is 14.0 Å². The number of hydrogen-bond acceptors (Lipinski definition) is 5. The number of amides is 1. The number of benzene rings is 2. The topological polar surface area (TPSA) is 109 Å². The number of nitrogens with one attached hydrogen (secondary N) is 1. The summed E-state index contributed by atoms with van der Waals surface area (Å²) in [6.45, 7) is 3.17. The molecule has 0 spiro atoms. The summed E-state index contributed by atoms with van der Waals surface area (Å²) in [5.74, 6) is -0.724. The summed E-state index contributed by atoms with van der Waals surface area (Å²) in [5.41, 5.74) is -0.278. The Kier molecular flexibility index (Phi) is 6.61. The Labute approximate surface area is 163 Å². The maximum Gasteiger partial charge on any atom is 0.306 e. The molecule has 2 rings (SSSR count). The Morgan fingerprint density at radius 3 is 2.61 bits per heavy atom. The van der Waals surface area contributed by atoms with Crippen molar-refractivity contribution in [3.63, 3.8) is 0 Å². The average molecular weight is 382 g/mol. The van der Waals surface area contributed by atoms with Crippen LogP contribution in [-0.2, 0) is 15.1 Å². The third-order valence-corrected chi connectivity index (χ3v) is 4.29. The van der Waals surface area contributed by atoms with Crippen molar-refractivity contribution in [3.8, 4) is 17.6 Å². The van der Waals surface area contributed by atoms with Crippen molar-refractivity contribution in [2.45, 2.75) is 31.9 Å². The van der Waals surface area contributed by atoms with Gasteiger partial charge in [0.15, 0.2) is 6.10 Å². The lowest BCUT2D eigenvalue weighted by atomic mass is 9.88. The second-order valence-corrected chi connectivity index (χ2v) is 6.49. The first kappa shape index (κ1) is 20.8. The van der Waals surface area contributed by atoms with E-state index in [1.807, 2.05) is 6.07 Å². The minimum atomic E-state index is -1.18. The summed E-state index contributed by atoms with van der Waals surface area (Å²) in [4.78, 5) is 24.1. The Hall–Kier alpha value is -3.53. The third-order valence-electron chi connectivity index (χ3n) is 4.29. The third kappa shape index (κ3) is 5.01. The van der Waals surface area contributed by atoms with Crippen LogP contribution in [0.15, 0.2) is 48.5 Å². The molecule has 0 aliphatic rings. The van der Waals surface area contributed by atoms with Crippen LogP contribution in [0.1, 0.15) is 31.4 Å². The first-order chi connectivity index (χ1) is 13.3. The van der Waals surface area contributed by atoms with Crippen LogP contribution in [0.2, 0.25) is 0 Å². The van der Waals surface area contributed by atoms with Gasteiger partial charge in [0, 0.05) is 0 Å². The number of methoxy groups -OCH3 is 1. The van der Waals surface area contributed by atoms with Gasteiger partial charge in [0.25, 0.3) is 5.91 Å². The molecule has 7 heteroatoms. The van der Waals surface area contributed by atoms with Crippen molar-refractivity contribution in [3.05, 3.63) is 59.7 Å². The van der Waals surface area contributed by atoms with Gasteiger partial charge in [-0.3, -0.25) is 9.59 Å². The normalized spacial score (nSPS) is 13.5. The molecule has 7 nitrogen and oxygen atoms in total. The summed E-state index contributed by atoms with van der Waals surface area (Å²) >= 11 is 0. The number of carbonyl (C=O) groups excluding carboxylic acids is 1. The fourth-order valence-electron chi connectivity index (χ4n) is 2.77. The van der Waals surface area contributed by atoms with Gasteiger partial charge in [-0.15, -0.1) is 0 Å². The van der Waals surface area contributed by atoms with E-state index in [0.717, 1.165) is 0 Å². The van der Waals surface area contributed by atoms with Crippen LogP contribution in [0.5, 0.6) is 11.5 Å². The van der Waals surface area contributed by atoms with Gasteiger partial charge in [0.05, 0.1) is 24.6 Å². The average Bonchev–Trinajstić information content (AvgIpc) is 2.67. The number of carboxylic acids is 1. The van der Waals surface area contributed by atoms with Crippen LogP contribution in [0, 0.1) is 11.3 Å². The lowest BCUT2D eigenvalue weighted by molar-refractivity contribution is -0.139. The van der Waals surface area contributed by atoms with Crippen molar-refractivity contribution in [2.75, 3.05) is 7.11 Å². The molecule has 0 saturated heterocycles. The fourth-order valence-corrected chi connectivity index (χ4v) is 2.77. The quantitative estimate of drug-likeness (QED) is 0.727. The zero-order valence-corrected chi connectivity index (χ0v) is 15.9. The van der Waals surface area contributed by atoms with Gasteiger partial charge >= 0.3 is 5.97 Å². The van der Waals surface area contributed by atoms with E-state index in [1.54, 1.807) is 55.5 Å². The lowest BCUT2D eigenvalue weighted by Gasteiger charge is -2.31. The van der Waals surface area contributed by atoms with Gasteiger partial charge in [-0.25, -0.2) is 0 Å². The van der Waals surface area contributed by atoms with Gasteiger partial charge < -0.3 is 19.9 Å². The molecule has 0 saturated carbocycles. The van der Waals surface area contributed by atoms with Gasteiger partial charge in [0.2, 0.25) is 0 Å². The Morgan fingerprint density at radius 1 is 1.25 bits per heavy atom. The number of aliphatic carboxylic acids is 1. The lowest BCUT2D eigenvalue weighted by Crippen LogP contribution is -2.49. The number of para-hydroxylation sites is 1. The standard InChI is InChI=1S/C21H22N2O5/c1-14(28-18-10-5-4-7-15(18)13-22)20(26)23-21(2,12-19(24)25)16-8-6-9-17(11-16)27-3/h4-11,14H,12H2,1-3H3,(H,23,26)(H,24,25). The molecule has 2 aromatic carbocycles. The molecule has 0 bridgehead atoms. The van der Waals surface area contributed by atoms with Gasteiger partial charge in [-0.1, -0.05) is 24.3 Å². The zero-order chi connectivity index (χ0) is 20.7. The number of carbonyl (C=O) groups is 2. The van der Waals surface area contributed by atoms with E-state index in [4.69, 9.17) is 14.7 Å². The first-order valence-electron chi connectivity index (χ1n) is 8.63. The van der Waals surface area contributed by atoms with Crippen LogP contribution in [0.4, 0.5) is 0 Å². The molecule has 146 valence electrons. The van der Waals surface area contributed by atoms with E-state index in [0.29, 0.717) is 16.9 Å². The van der Waals surface area contributed by atoms with Crippen molar-refractivity contribution in [1.29, 1.82) is 5.26 Å². The van der Waals surface area contributed by atoms with Crippen molar-refractivity contribution in [2.24, 2.45) is 0 Å². The first-order valence-corrected chi connectivity index (χ1v) is 8.63. The Bertz CT molecular complexity index is 906. The van der Waals surface area contributed by atoms with Crippen LogP contribution >= 0.6 is 0 Å². The number of hydrogen-bond donors (Lipinski definition) is 2. The molecule has 2 unspecified atom stereocenters. The summed E-state index contributed by atoms with van der Waals surface area (Å²) < 4.78 is 10.8. The number of nitriles is 1. The second-order valence-electron chi connectivity index (χ2n) is 6.49. The summed E-state index contributed by atoms with van der Waals surface area (Å²) in [6, 6.07) is 15.5. The molecule has 0 radical (unpaired) electrons. The van der Waals surface area contributed by atoms with E-state index < -0.39 is 23.5 Å².